The van der Waals surface area contributed by atoms with Crippen molar-refractivity contribution in [3.63, 3.8) is 0 Å². The molecule has 0 radical (unpaired) electrons. The van der Waals surface area contributed by atoms with E-state index in [1.165, 1.54) is 12.1 Å². The summed E-state index contributed by atoms with van der Waals surface area (Å²) in [6.45, 7) is 8.39. The van der Waals surface area contributed by atoms with Crippen molar-refractivity contribution >= 4 is 29.3 Å². The highest BCUT2D eigenvalue weighted by Gasteiger charge is 2.39. The van der Waals surface area contributed by atoms with Gasteiger partial charge in [0.1, 0.15) is 23.6 Å². The number of nitrogens with zero attached hydrogens (tertiary/aromatic N) is 5. The molecule has 0 spiro atoms. The second-order valence-corrected chi connectivity index (χ2v) is 12.7. The van der Waals surface area contributed by atoms with Crippen molar-refractivity contribution in [1.82, 2.24) is 35.4 Å². The molecule has 1 aliphatic carbocycles. The van der Waals surface area contributed by atoms with Crippen LogP contribution < -0.4 is 16.0 Å². The van der Waals surface area contributed by atoms with Crippen LogP contribution in [0.25, 0.3) is 0 Å². The van der Waals surface area contributed by atoms with Crippen LogP contribution >= 0.6 is 0 Å². The molecule has 2 aromatic heterocycles. The van der Waals surface area contributed by atoms with Gasteiger partial charge in [0.25, 0.3) is 5.91 Å². The summed E-state index contributed by atoms with van der Waals surface area (Å²) in [4.78, 5) is 58.5. The molecule has 2 fully saturated rings. The van der Waals surface area contributed by atoms with Gasteiger partial charge in [-0.3, -0.25) is 19.2 Å². The number of amides is 4. The molecule has 0 unspecified atom stereocenters. The Morgan fingerprint density at radius 1 is 1.06 bits per heavy atom. The van der Waals surface area contributed by atoms with Gasteiger partial charge < -0.3 is 25.4 Å². The Kier molecular flexibility index (Phi) is 10.7. The number of anilines is 1. The number of rotatable bonds is 12. The van der Waals surface area contributed by atoms with Crippen molar-refractivity contribution in [2.75, 3.05) is 18.4 Å². The summed E-state index contributed by atoms with van der Waals surface area (Å²) in [5, 5.41) is 15.8. The molecule has 252 valence electrons. The van der Waals surface area contributed by atoms with Gasteiger partial charge in [-0.2, -0.15) is 0 Å². The molecule has 1 saturated heterocycles. The summed E-state index contributed by atoms with van der Waals surface area (Å²) in [5.74, 6) is -2.55. The van der Waals surface area contributed by atoms with Gasteiger partial charge >= 0.3 is 0 Å². The van der Waals surface area contributed by atoms with E-state index in [1.54, 1.807) is 37.3 Å². The van der Waals surface area contributed by atoms with Gasteiger partial charge in [0.05, 0.1) is 18.1 Å². The summed E-state index contributed by atoms with van der Waals surface area (Å²) in [6, 6.07) is 2.62. The highest BCUT2D eigenvalue weighted by atomic mass is 19.1. The third kappa shape index (κ3) is 7.68. The molecule has 1 aliphatic heterocycles. The fourth-order valence-corrected chi connectivity index (χ4v) is 6.34. The summed E-state index contributed by atoms with van der Waals surface area (Å²) >= 11 is 0. The number of carbonyl (C=O) groups is 4. The van der Waals surface area contributed by atoms with Crippen molar-refractivity contribution in [1.29, 1.82) is 0 Å². The molecule has 13 nitrogen and oxygen atoms in total. The number of imidazole rings is 1. The predicted molar refractivity (Wildman–Crippen MR) is 170 cm³/mol. The summed E-state index contributed by atoms with van der Waals surface area (Å²) in [7, 11) is 0. The van der Waals surface area contributed by atoms with E-state index >= 15 is 4.39 Å². The monoisotopic (exact) mass is 650 g/mol. The van der Waals surface area contributed by atoms with Gasteiger partial charge in [0.15, 0.2) is 5.69 Å². The molecular formula is C33H43FN8O5. The molecule has 4 amide bonds. The number of aromatic nitrogens is 4. The van der Waals surface area contributed by atoms with Crippen LogP contribution in [0.3, 0.4) is 0 Å². The second kappa shape index (κ2) is 14.9. The number of aryl methyl sites for hydroxylation is 1. The number of likely N-dealkylation sites (tertiary alicyclic amines) is 1. The van der Waals surface area contributed by atoms with E-state index in [0.717, 1.165) is 25.7 Å². The molecule has 0 bridgehead atoms. The molecule has 5 rings (SSSR count). The van der Waals surface area contributed by atoms with Gasteiger partial charge in [-0.15, -0.1) is 0 Å². The zero-order valence-corrected chi connectivity index (χ0v) is 27.2. The molecule has 3 atom stereocenters. The Morgan fingerprint density at radius 2 is 1.81 bits per heavy atom. The topological polar surface area (TPSA) is 164 Å². The highest BCUT2D eigenvalue weighted by Crippen LogP contribution is 2.32. The number of halogens is 1. The summed E-state index contributed by atoms with van der Waals surface area (Å²) < 4.78 is 22.3. The number of carbonyl (C=O) groups excluding carboxylic acids is 4. The van der Waals surface area contributed by atoms with E-state index in [1.807, 2.05) is 17.7 Å². The van der Waals surface area contributed by atoms with E-state index in [2.05, 4.69) is 38.2 Å². The van der Waals surface area contributed by atoms with Crippen molar-refractivity contribution < 1.29 is 28.2 Å². The van der Waals surface area contributed by atoms with E-state index in [-0.39, 0.29) is 41.6 Å². The molecule has 14 heteroatoms. The van der Waals surface area contributed by atoms with E-state index in [0.29, 0.717) is 36.7 Å². The SMILES string of the molecule is CCC(=O)N[C@@H](C(=O)N1CC(n2ccnc2)C1)[C@@H](C)c1ccc(NC(=O)[C@@H](NC(=O)c2nonc2CC)[C@H]2CC[C@H](C)CC2)c(F)c1. The van der Waals surface area contributed by atoms with Crippen LogP contribution in [0.4, 0.5) is 10.1 Å². The first-order valence-electron chi connectivity index (χ1n) is 16.4. The third-order valence-corrected chi connectivity index (χ3v) is 9.51. The number of hydrogen-bond donors (Lipinski definition) is 3. The first-order valence-corrected chi connectivity index (χ1v) is 16.4. The normalized spacial score (nSPS) is 20.1. The number of benzene rings is 1. The summed E-state index contributed by atoms with van der Waals surface area (Å²) in [5.41, 5.74) is 0.833. The average Bonchev–Trinajstić information content (AvgIpc) is 3.75. The fourth-order valence-electron chi connectivity index (χ4n) is 6.34. The lowest BCUT2D eigenvalue weighted by Crippen LogP contribution is -2.58. The fraction of sp³-hybridized carbons (Fsp3) is 0.545. The smallest absolute Gasteiger partial charge is 0.276 e. The zero-order valence-electron chi connectivity index (χ0n) is 27.2. The number of nitrogens with one attached hydrogen (secondary N) is 3. The minimum atomic E-state index is -0.927. The Hall–Kier alpha value is -4.62. The lowest BCUT2D eigenvalue weighted by Gasteiger charge is -2.42. The largest absolute Gasteiger partial charge is 0.344 e. The third-order valence-electron chi connectivity index (χ3n) is 9.51. The van der Waals surface area contributed by atoms with E-state index in [4.69, 9.17) is 4.63 Å². The molecule has 2 aliphatic rings. The highest BCUT2D eigenvalue weighted by molar-refractivity contribution is 6.01. The average molecular weight is 651 g/mol. The van der Waals surface area contributed by atoms with Crippen molar-refractivity contribution in [2.45, 2.75) is 90.3 Å². The zero-order chi connectivity index (χ0) is 33.7. The maximum absolute atomic E-state index is 15.6. The molecular weight excluding hydrogens is 607 g/mol. The van der Waals surface area contributed by atoms with Crippen molar-refractivity contribution in [3.05, 3.63) is 59.7 Å². The van der Waals surface area contributed by atoms with E-state index < -0.39 is 35.6 Å². The van der Waals surface area contributed by atoms with Crippen LogP contribution in [0.5, 0.6) is 0 Å². The molecule has 3 N–H and O–H groups in total. The number of hydrogen-bond acceptors (Lipinski definition) is 8. The first kappa shape index (κ1) is 33.7. The Bertz CT molecular complexity index is 1560. The molecule has 1 saturated carbocycles. The quantitative estimate of drug-likeness (QED) is 0.268. The van der Waals surface area contributed by atoms with Crippen LogP contribution in [0.2, 0.25) is 0 Å². The molecule has 47 heavy (non-hydrogen) atoms. The van der Waals surface area contributed by atoms with Gasteiger partial charge in [0.2, 0.25) is 17.7 Å². The van der Waals surface area contributed by atoms with Crippen molar-refractivity contribution in [2.24, 2.45) is 11.8 Å². The molecule has 3 aromatic rings. The summed E-state index contributed by atoms with van der Waals surface area (Å²) in [6.07, 6.45) is 9.14. The van der Waals surface area contributed by atoms with Gasteiger partial charge in [-0.1, -0.05) is 51.8 Å². The van der Waals surface area contributed by atoms with Crippen LogP contribution in [0.1, 0.15) is 93.5 Å². The van der Waals surface area contributed by atoms with Gasteiger partial charge in [-0.25, -0.2) is 14.0 Å². The lowest BCUT2D eigenvalue weighted by atomic mass is 9.79. The van der Waals surface area contributed by atoms with Crippen LogP contribution in [0.15, 0.2) is 41.5 Å². The van der Waals surface area contributed by atoms with Gasteiger partial charge in [-0.05, 0) is 54.0 Å². The maximum atomic E-state index is 15.6. The second-order valence-electron chi connectivity index (χ2n) is 12.7. The van der Waals surface area contributed by atoms with Crippen LogP contribution in [-0.4, -0.2) is 73.6 Å². The minimum Gasteiger partial charge on any atom is -0.344 e. The minimum absolute atomic E-state index is 0.0220. The first-order chi connectivity index (χ1) is 22.6. The van der Waals surface area contributed by atoms with Crippen LogP contribution in [-0.2, 0) is 20.8 Å². The molecule has 3 heterocycles. The Balaban J connectivity index is 1.30. The maximum Gasteiger partial charge on any atom is 0.276 e. The predicted octanol–water partition coefficient (Wildman–Crippen LogP) is 3.61. The Labute approximate surface area is 273 Å². The standard InChI is InChI=1S/C33H43FN8O5/c1-5-25-30(40-47-39-25)32(45)38-29(21-9-7-19(3)8-10-21)31(44)36-26-12-11-22(15-24(26)34)20(4)28(37-27(43)6-2)33(46)42-16-23(17-42)41-14-13-35-18-41/h11-15,18-21,23,28-29H,5-10,16-17H2,1-4H3,(H,36,44)(H,37,43)(H,38,45)/t19-,20-,21-,28+,29-/m0/s1. The van der Waals surface area contributed by atoms with Crippen LogP contribution in [0, 0.1) is 17.7 Å². The lowest BCUT2D eigenvalue weighted by molar-refractivity contribution is -0.142. The van der Waals surface area contributed by atoms with Crippen molar-refractivity contribution in [3.8, 4) is 0 Å². The van der Waals surface area contributed by atoms with Gasteiger partial charge in [0, 0.05) is 37.8 Å². The Morgan fingerprint density at radius 3 is 2.45 bits per heavy atom. The van der Waals surface area contributed by atoms with E-state index in [9.17, 15) is 19.2 Å². The molecule has 1 aromatic carbocycles.